The van der Waals surface area contributed by atoms with E-state index in [1.54, 1.807) is 12.4 Å². The number of aromatic nitrogens is 1. The fourth-order valence-electron chi connectivity index (χ4n) is 1.73. The minimum Gasteiger partial charge on any atom is -0.481 e. The molecule has 0 saturated carbocycles. The van der Waals surface area contributed by atoms with E-state index in [2.05, 4.69) is 15.6 Å². The number of carbonyl (C=O) groups excluding carboxylic acids is 1. The molecule has 0 bridgehead atoms. The van der Waals surface area contributed by atoms with Crippen molar-refractivity contribution in [3.8, 4) is 0 Å². The van der Waals surface area contributed by atoms with Crippen LogP contribution in [0.5, 0.6) is 0 Å². The summed E-state index contributed by atoms with van der Waals surface area (Å²) in [6.07, 6.45) is 4.06. The molecule has 6 nitrogen and oxygen atoms in total. The number of amides is 2. The van der Waals surface area contributed by atoms with Crippen LogP contribution in [-0.2, 0) is 11.2 Å². The van der Waals surface area contributed by atoms with Gasteiger partial charge in [0.05, 0.1) is 6.42 Å². The number of pyridine rings is 1. The number of carbonyl (C=O) groups is 2. The van der Waals surface area contributed by atoms with Gasteiger partial charge in [0.2, 0.25) is 0 Å². The molecule has 0 aliphatic heterocycles. The zero-order valence-electron chi connectivity index (χ0n) is 11.8. The van der Waals surface area contributed by atoms with Gasteiger partial charge in [0.25, 0.3) is 0 Å². The molecule has 0 spiro atoms. The number of hydrogen-bond acceptors (Lipinski definition) is 3. The normalized spacial score (nSPS) is 11.9. The Balaban J connectivity index is 2.33. The van der Waals surface area contributed by atoms with Gasteiger partial charge in [0.15, 0.2) is 0 Å². The van der Waals surface area contributed by atoms with E-state index >= 15 is 0 Å². The predicted molar refractivity (Wildman–Crippen MR) is 75.4 cm³/mol. The van der Waals surface area contributed by atoms with E-state index in [1.807, 2.05) is 26.0 Å². The molecule has 1 heterocycles. The van der Waals surface area contributed by atoms with Gasteiger partial charge in [-0.3, -0.25) is 9.78 Å². The second-order valence-corrected chi connectivity index (χ2v) is 4.96. The van der Waals surface area contributed by atoms with Gasteiger partial charge in [0, 0.05) is 25.0 Å². The molecule has 2 amide bonds. The highest BCUT2D eigenvalue weighted by Gasteiger charge is 2.18. The van der Waals surface area contributed by atoms with Crippen molar-refractivity contribution in [2.75, 3.05) is 6.54 Å². The van der Waals surface area contributed by atoms with E-state index in [0.717, 1.165) is 5.56 Å². The molecule has 0 aliphatic carbocycles. The van der Waals surface area contributed by atoms with Gasteiger partial charge in [-0.15, -0.1) is 0 Å². The third-order valence-electron chi connectivity index (χ3n) is 2.94. The summed E-state index contributed by atoms with van der Waals surface area (Å²) in [7, 11) is 0. The standard InChI is InChI=1S/C14H21N3O3/c1-10(2)12(8-13(18)19)17-14(20)16-7-5-11-4-3-6-15-9-11/h3-4,6,9-10,12H,5,7-8H2,1-2H3,(H,18,19)(H2,16,17,20). The van der Waals surface area contributed by atoms with Crippen LogP contribution in [0.15, 0.2) is 24.5 Å². The molecule has 6 heteroatoms. The van der Waals surface area contributed by atoms with Crippen molar-refractivity contribution in [2.45, 2.75) is 32.7 Å². The van der Waals surface area contributed by atoms with Gasteiger partial charge in [-0.1, -0.05) is 19.9 Å². The highest BCUT2D eigenvalue weighted by atomic mass is 16.4. The first-order valence-electron chi connectivity index (χ1n) is 6.64. The lowest BCUT2D eigenvalue weighted by Gasteiger charge is -2.20. The van der Waals surface area contributed by atoms with E-state index in [-0.39, 0.29) is 24.4 Å². The Morgan fingerprint density at radius 2 is 2.15 bits per heavy atom. The van der Waals surface area contributed by atoms with E-state index < -0.39 is 5.97 Å². The smallest absolute Gasteiger partial charge is 0.315 e. The Labute approximate surface area is 118 Å². The Morgan fingerprint density at radius 1 is 1.40 bits per heavy atom. The Morgan fingerprint density at radius 3 is 2.70 bits per heavy atom. The number of nitrogens with one attached hydrogen (secondary N) is 2. The highest BCUT2D eigenvalue weighted by molar-refractivity contribution is 5.75. The molecule has 0 radical (unpaired) electrons. The number of carboxylic acid groups (broad SMARTS) is 1. The zero-order valence-corrected chi connectivity index (χ0v) is 11.8. The van der Waals surface area contributed by atoms with E-state index in [9.17, 15) is 9.59 Å². The van der Waals surface area contributed by atoms with Crippen LogP contribution in [-0.4, -0.2) is 34.7 Å². The monoisotopic (exact) mass is 279 g/mol. The summed E-state index contributed by atoms with van der Waals surface area (Å²) >= 11 is 0. The molecular weight excluding hydrogens is 258 g/mol. The van der Waals surface area contributed by atoms with Gasteiger partial charge in [-0.25, -0.2) is 4.79 Å². The van der Waals surface area contributed by atoms with Crippen molar-refractivity contribution in [3.63, 3.8) is 0 Å². The number of rotatable bonds is 7. The van der Waals surface area contributed by atoms with Crippen molar-refractivity contribution in [1.82, 2.24) is 15.6 Å². The summed E-state index contributed by atoms with van der Waals surface area (Å²) in [6, 6.07) is 3.07. The zero-order chi connectivity index (χ0) is 15.0. The predicted octanol–water partition coefficient (Wildman–Crippen LogP) is 1.42. The van der Waals surface area contributed by atoms with E-state index in [1.165, 1.54) is 0 Å². The van der Waals surface area contributed by atoms with Crippen molar-refractivity contribution in [2.24, 2.45) is 5.92 Å². The summed E-state index contributed by atoms with van der Waals surface area (Å²) in [5.41, 5.74) is 1.04. The van der Waals surface area contributed by atoms with Crippen LogP contribution in [0.3, 0.4) is 0 Å². The quantitative estimate of drug-likeness (QED) is 0.704. The highest BCUT2D eigenvalue weighted by Crippen LogP contribution is 2.05. The minimum absolute atomic E-state index is 0.0650. The van der Waals surface area contributed by atoms with Crippen LogP contribution >= 0.6 is 0 Å². The molecule has 0 aliphatic rings. The lowest BCUT2D eigenvalue weighted by molar-refractivity contribution is -0.137. The van der Waals surface area contributed by atoms with Crippen LogP contribution in [0.25, 0.3) is 0 Å². The lowest BCUT2D eigenvalue weighted by atomic mass is 10.0. The van der Waals surface area contributed by atoms with Crippen LogP contribution < -0.4 is 10.6 Å². The number of carboxylic acids is 1. The van der Waals surface area contributed by atoms with Crippen LogP contribution in [0.2, 0.25) is 0 Å². The van der Waals surface area contributed by atoms with Crippen molar-refractivity contribution >= 4 is 12.0 Å². The molecule has 1 atom stereocenters. The third-order valence-corrected chi connectivity index (χ3v) is 2.94. The average molecular weight is 279 g/mol. The molecule has 1 unspecified atom stereocenters. The van der Waals surface area contributed by atoms with Gasteiger partial charge >= 0.3 is 12.0 Å². The molecule has 3 N–H and O–H groups in total. The van der Waals surface area contributed by atoms with Gasteiger partial charge < -0.3 is 15.7 Å². The first-order valence-corrected chi connectivity index (χ1v) is 6.64. The van der Waals surface area contributed by atoms with Crippen LogP contribution in [0.1, 0.15) is 25.8 Å². The number of aliphatic carboxylic acids is 1. The Kier molecular flexibility index (Phi) is 6.49. The topological polar surface area (TPSA) is 91.3 Å². The maximum absolute atomic E-state index is 11.7. The lowest BCUT2D eigenvalue weighted by Crippen LogP contribution is -2.45. The summed E-state index contributed by atoms with van der Waals surface area (Å²) in [6.45, 7) is 4.24. The average Bonchev–Trinajstić information content (AvgIpc) is 2.38. The van der Waals surface area contributed by atoms with Crippen LogP contribution in [0.4, 0.5) is 4.79 Å². The largest absolute Gasteiger partial charge is 0.481 e. The Hall–Kier alpha value is -2.11. The third kappa shape index (κ3) is 6.17. The number of hydrogen-bond donors (Lipinski definition) is 3. The maximum Gasteiger partial charge on any atom is 0.315 e. The number of nitrogens with zero attached hydrogens (tertiary/aromatic N) is 1. The second kappa shape index (κ2) is 8.14. The van der Waals surface area contributed by atoms with E-state index in [0.29, 0.717) is 13.0 Å². The Bertz CT molecular complexity index is 435. The molecular formula is C14H21N3O3. The first-order chi connectivity index (χ1) is 9.49. The molecule has 0 saturated heterocycles. The fourth-order valence-corrected chi connectivity index (χ4v) is 1.73. The SMILES string of the molecule is CC(C)C(CC(=O)O)NC(=O)NCCc1cccnc1. The molecule has 20 heavy (non-hydrogen) atoms. The van der Waals surface area contributed by atoms with Gasteiger partial charge in [0.1, 0.15) is 0 Å². The maximum atomic E-state index is 11.7. The number of urea groups is 1. The first kappa shape index (κ1) is 15.9. The summed E-state index contributed by atoms with van der Waals surface area (Å²) in [5, 5.41) is 14.2. The van der Waals surface area contributed by atoms with Gasteiger partial charge in [-0.2, -0.15) is 0 Å². The molecule has 1 aromatic rings. The summed E-state index contributed by atoms with van der Waals surface area (Å²) in [4.78, 5) is 26.4. The molecule has 0 aromatic carbocycles. The molecule has 1 rings (SSSR count). The van der Waals surface area contributed by atoms with Gasteiger partial charge in [-0.05, 0) is 24.0 Å². The minimum atomic E-state index is -0.917. The van der Waals surface area contributed by atoms with Crippen LogP contribution in [0, 0.1) is 5.92 Å². The van der Waals surface area contributed by atoms with Crippen molar-refractivity contribution in [3.05, 3.63) is 30.1 Å². The van der Waals surface area contributed by atoms with Crippen molar-refractivity contribution < 1.29 is 14.7 Å². The summed E-state index contributed by atoms with van der Waals surface area (Å²) in [5.74, 6) is -0.852. The molecule has 0 fully saturated rings. The second-order valence-electron chi connectivity index (χ2n) is 4.96. The fraction of sp³-hybridized carbons (Fsp3) is 0.500. The van der Waals surface area contributed by atoms with Crippen molar-refractivity contribution in [1.29, 1.82) is 0 Å². The van der Waals surface area contributed by atoms with E-state index in [4.69, 9.17) is 5.11 Å². The summed E-state index contributed by atoms with van der Waals surface area (Å²) < 4.78 is 0. The molecule has 1 aromatic heterocycles. The molecule has 110 valence electrons.